The summed E-state index contributed by atoms with van der Waals surface area (Å²) >= 11 is 1.43. The third-order valence-electron chi connectivity index (χ3n) is 3.35. The molecule has 7 heteroatoms. The number of thiazole rings is 1. The molecule has 2 heterocycles. The Kier molecular flexibility index (Phi) is 3.08. The van der Waals surface area contributed by atoms with Gasteiger partial charge in [-0.2, -0.15) is 0 Å². The van der Waals surface area contributed by atoms with Crippen molar-refractivity contribution in [2.75, 3.05) is 24.5 Å². The first-order valence-corrected chi connectivity index (χ1v) is 7.03. The van der Waals surface area contributed by atoms with Crippen molar-refractivity contribution in [2.45, 2.75) is 13.0 Å². The molecule has 0 amide bonds. The molecule has 1 fully saturated rings. The topological polar surface area (TPSA) is 71.3 Å². The lowest BCUT2D eigenvalue weighted by Crippen LogP contribution is -2.49. The Bertz CT molecular complexity index is 627. The Morgan fingerprint density at radius 1 is 1.58 bits per heavy atom. The summed E-state index contributed by atoms with van der Waals surface area (Å²) < 4.78 is 0.860. The first-order chi connectivity index (χ1) is 9.16. The molecule has 1 aromatic heterocycles. The average Bonchev–Trinajstić information content (AvgIpc) is 2.85. The minimum atomic E-state index is -0.315. The van der Waals surface area contributed by atoms with Gasteiger partial charge in [0.15, 0.2) is 5.52 Å². The van der Waals surface area contributed by atoms with Gasteiger partial charge in [0.2, 0.25) is 0 Å². The van der Waals surface area contributed by atoms with Crippen molar-refractivity contribution in [3.8, 4) is 0 Å². The maximum Gasteiger partial charge on any atom is 0.319 e. The number of hydrogen-bond acceptors (Lipinski definition) is 6. The minimum Gasteiger partial charge on any atom is -0.363 e. The van der Waals surface area contributed by atoms with Crippen LogP contribution in [0.2, 0.25) is 0 Å². The van der Waals surface area contributed by atoms with E-state index >= 15 is 0 Å². The van der Waals surface area contributed by atoms with Crippen LogP contribution >= 0.6 is 11.3 Å². The molecule has 19 heavy (non-hydrogen) atoms. The van der Waals surface area contributed by atoms with Gasteiger partial charge in [-0.1, -0.05) is 0 Å². The Morgan fingerprint density at radius 3 is 3.16 bits per heavy atom. The zero-order valence-corrected chi connectivity index (χ0v) is 11.3. The van der Waals surface area contributed by atoms with E-state index in [4.69, 9.17) is 0 Å². The molecule has 0 radical (unpaired) electrons. The van der Waals surface area contributed by atoms with Crippen LogP contribution in [0.1, 0.15) is 6.92 Å². The quantitative estimate of drug-likeness (QED) is 0.672. The van der Waals surface area contributed by atoms with Gasteiger partial charge < -0.3 is 10.2 Å². The van der Waals surface area contributed by atoms with Crippen molar-refractivity contribution in [3.63, 3.8) is 0 Å². The molecule has 6 nitrogen and oxygen atoms in total. The molecule has 1 saturated heterocycles. The van der Waals surface area contributed by atoms with Gasteiger partial charge in [-0.25, -0.2) is 4.98 Å². The van der Waals surface area contributed by atoms with Crippen molar-refractivity contribution in [1.29, 1.82) is 0 Å². The molecule has 2 aromatic rings. The van der Waals surface area contributed by atoms with Gasteiger partial charge in [0, 0.05) is 25.7 Å². The fourth-order valence-corrected chi connectivity index (χ4v) is 3.17. The normalized spacial score (nSPS) is 19.8. The maximum atomic E-state index is 11.4. The maximum absolute atomic E-state index is 11.4. The molecule has 0 spiro atoms. The van der Waals surface area contributed by atoms with Crippen LogP contribution in [0.25, 0.3) is 10.2 Å². The number of piperazine rings is 1. The molecule has 1 aliphatic heterocycles. The number of nitro groups is 1. The SMILES string of the molecule is C[C@@H]1CN(c2ccc3scnc3c2[N+](=O)[O-])CCN1. The molecular formula is C12H14N4O2S. The first kappa shape index (κ1) is 12.3. The molecule has 1 N–H and O–H groups in total. The van der Waals surface area contributed by atoms with E-state index in [2.05, 4.69) is 22.1 Å². The van der Waals surface area contributed by atoms with Crippen molar-refractivity contribution in [2.24, 2.45) is 0 Å². The molecular weight excluding hydrogens is 264 g/mol. The van der Waals surface area contributed by atoms with Gasteiger partial charge in [-0.3, -0.25) is 10.1 Å². The summed E-state index contributed by atoms with van der Waals surface area (Å²) in [5.74, 6) is 0. The molecule has 0 saturated carbocycles. The number of aromatic nitrogens is 1. The molecule has 1 aromatic carbocycles. The van der Waals surface area contributed by atoms with Gasteiger partial charge in [-0.15, -0.1) is 11.3 Å². The number of benzene rings is 1. The van der Waals surface area contributed by atoms with Crippen molar-refractivity contribution >= 4 is 32.9 Å². The van der Waals surface area contributed by atoms with Gasteiger partial charge >= 0.3 is 5.69 Å². The highest BCUT2D eigenvalue weighted by molar-refractivity contribution is 7.16. The summed E-state index contributed by atoms with van der Waals surface area (Å²) in [4.78, 5) is 17.3. The second-order valence-electron chi connectivity index (χ2n) is 4.69. The summed E-state index contributed by atoms with van der Waals surface area (Å²) in [6.45, 7) is 4.48. The second kappa shape index (κ2) is 4.75. The van der Waals surface area contributed by atoms with Crippen molar-refractivity contribution in [3.05, 3.63) is 27.8 Å². The van der Waals surface area contributed by atoms with Crippen molar-refractivity contribution in [1.82, 2.24) is 10.3 Å². The molecule has 1 atom stereocenters. The number of rotatable bonds is 2. The average molecular weight is 278 g/mol. The third kappa shape index (κ3) is 2.15. The Balaban J connectivity index is 2.11. The van der Waals surface area contributed by atoms with Crippen LogP contribution in [0.3, 0.4) is 0 Å². The fraction of sp³-hybridized carbons (Fsp3) is 0.417. The number of nitro benzene ring substituents is 1. The molecule has 100 valence electrons. The largest absolute Gasteiger partial charge is 0.363 e. The number of fused-ring (bicyclic) bond motifs is 1. The smallest absolute Gasteiger partial charge is 0.319 e. The molecule has 3 rings (SSSR count). The lowest BCUT2D eigenvalue weighted by atomic mass is 10.1. The number of nitrogens with zero attached hydrogens (tertiary/aromatic N) is 3. The van der Waals surface area contributed by atoms with Gasteiger partial charge in [0.05, 0.1) is 15.1 Å². The van der Waals surface area contributed by atoms with Crippen LogP contribution in [-0.2, 0) is 0 Å². The predicted octanol–water partition coefficient (Wildman–Crippen LogP) is 2.00. The summed E-state index contributed by atoms with van der Waals surface area (Å²) in [5, 5.41) is 14.7. The van der Waals surface area contributed by atoms with E-state index in [1.54, 1.807) is 5.51 Å². The Morgan fingerprint density at radius 2 is 2.42 bits per heavy atom. The van der Waals surface area contributed by atoms with E-state index in [-0.39, 0.29) is 10.6 Å². The van der Waals surface area contributed by atoms with Gasteiger partial charge in [0.25, 0.3) is 0 Å². The van der Waals surface area contributed by atoms with Crippen LogP contribution in [0.15, 0.2) is 17.6 Å². The summed E-state index contributed by atoms with van der Waals surface area (Å²) in [6.07, 6.45) is 0. The first-order valence-electron chi connectivity index (χ1n) is 6.15. The predicted molar refractivity (Wildman–Crippen MR) is 76.0 cm³/mol. The summed E-state index contributed by atoms with van der Waals surface area (Å²) in [6, 6.07) is 4.10. The lowest BCUT2D eigenvalue weighted by Gasteiger charge is -2.33. The molecule has 0 aliphatic carbocycles. The number of anilines is 1. The molecule has 0 bridgehead atoms. The van der Waals surface area contributed by atoms with E-state index in [9.17, 15) is 10.1 Å². The Hall–Kier alpha value is -1.73. The monoisotopic (exact) mass is 278 g/mol. The third-order valence-corrected chi connectivity index (χ3v) is 4.14. The van der Waals surface area contributed by atoms with E-state index in [1.165, 1.54) is 11.3 Å². The highest BCUT2D eigenvalue weighted by Gasteiger charge is 2.26. The van der Waals surface area contributed by atoms with Gasteiger partial charge in [-0.05, 0) is 19.1 Å². The van der Waals surface area contributed by atoms with E-state index < -0.39 is 0 Å². The standard InChI is InChI=1S/C12H14N4O2S/c1-8-6-15(5-4-13-8)9-2-3-10-11(14-7-19-10)12(9)16(17)18/h2-3,7-8,13H,4-6H2,1H3/t8-/m1/s1. The van der Waals surface area contributed by atoms with Crippen LogP contribution in [0.4, 0.5) is 11.4 Å². The number of nitrogens with one attached hydrogen (secondary N) is 1. The summed E-state index contributed by atoms with van der Waals surface area (Å²) in [7, 11) is 0. The molecule has 1 aliphatic rings. The van der Waals surface area contributed by atoms with E-state index in [1.807, 2.05) is 12.1 Å². The zero-order chi connectivity index (χ0) is 13.4. The fourth-order valence-electron chi connectivity index (χ4n) is 2.49. The Labute approximate surface area is 114 Å². The zero-order valence-electron chi connectivity index (χ0n) is 10.5. The number of hydrogen-bond donors (Lipinski definition) is 1. The van der Waals surface area contributed by atoms with E-state index in [0.717, 1.165) is 24.3 Å². The van der Waals surface area contributed by atoms with Crippen molar-refractivity contribution < 1.29 is 4.92 Å². The van der Waals surface area contributed by atoms with Crippen LogP contribution in [0.5, 0.6) is 0 Å². The van der Waals surface area contributed by atoms with E-state index in [0.29, 0.717) is 17.2 Å². The highest BCUT2D eigenvalue weighted by Crippen LogP contribution is 2.36. The van der Waals surface area contributed by atoms with Gasteiger partial charge in [0.1, 0.15) is 5.69 Å². The molecule has 0 unspecified atom stereocenters. The van der Waals surface area contributed by atoms with Crippen LogP contribution in [0, 0.1) is 10.1 Å². The van der Waals surface area contributed by atoms with Crippen LogP contribution < -0.4 is 10.2 Å². The second-order valence-corrected chi connectivity index (χ2v) is 5.58. The summed E-state index contributed by atoms with van der Waals surface area (Å²) in [5.41, 5.74) is 2.96. The minimum absolute atomic E-state index is 0.132. The highest BCUT2D eigenvalue weighted by atomic mass is 32.1. The van der Waals surface area contributed by atoms with Crippen LogP contribution in [-0.4, -0.2) is 35.6 Å². The lowest BCUT2D eigenvalue weighted by molar-refractivity contribution is -0.382.